The molecule has 0 amide bonds. The van der Waals surface area contributed by atoms with Crippen LogP contribution in [0.2, 0.25) is 0 Å². The number of ether oxygens (including phenoxy) is 2. The zero-order chi connectivity index (χ0) is 40.5. The third kappa shape index (κ3) is 41.2. The van der Waals surface area contributed by atoms with Crippen molar-refractivity contribution in [3.05, 3.63) is 48.6 Å². The van der Waals surface area contributed by atoms with Crippen LogP contribution in [0.5, 0.6) is 0 Å². The van der Waals surface area contributed by atoms with Crippen LogP contribution in [0.3, 0.4) is 0 Å². The summed E-state index contributed by atoms with van der Waals surface area (Å²) in [6, 6.07) is 0. The molecule has 7 nitrogen and oxygen atoms in total. The van der Waals surface area contributed by atoms with E-state index in [1.54, 1.807) is 12.2 Å². The standard InChI is InChI=1S/C48H86O7/c1-4-6-28-35-44(49)36-30-25-21-19-22-26-31-37-45(50)38-33-40-48(53)55-42-46(51)41-54-47(52)39-32-27-23-18-16-14-12-10-8-7-9-11-13-15-17-20-24-29-34-43(3)5-2/h21-22,25-26,30-31,36-37,43-46,49-51H,4-20,23-24,27-29,32-35,38-42H2,1-3H3/b25-21-,26-22-,36-30+,37-31+/t43?,44-,45-,46+/m0/s1. The minimum atomic E-state index is -1.05. The van der Waals surface area contributed by atoms with Gasteiger partial charge in [0.1, 0.15) is 19.3 Å². The van der Waals surface area contributed by atoms with E-state index in [-0.39, 0.29) is 31.7 Å². The van der Waals surface area contributed by atoms with Crippen LogP contribution < -0.4 is 0 Å². The molecule has 3 N–H and O–H groups in total. The normalized spacial score (nSPS) is 14.4. The molecule has 1 unspecified atom stereocenters. The first-order valence-electron chi connectivity index (χ1n) is 22.8. The Balaban J connectivity index is 3.59. The number of allylic oxidation sites excluding steroid dienone is 6. The van der Waals surface area contributed by atoms with Crippen molar-refractivity contribution in [2.24, 2.45) is 5.92 Å². The van der Waals surface area contributed by atoms with Gasteiger partial charge in [0.05, 0.1) is 12.2 Å². The predicted molar refractivity (Wildman–Crippen MR) is 231 cm³/mol. The molecule has 0 saturated carbocycles. The Morgan fingerprint density at radius 1 is 0.491 bits per heavy atom. The molecule has 0 aliphatic carbocycles. The van der Waals surface area contributed by atoms with Crippen LogP contribution in [-0.4, -0.2) is 58.8 Å². The Labute approximate surface area is 338 Å². The maximum absolute atomic E-state index is 12.0. The third-order valence-corrected chi connectivity index (χ3v) is 10.3. The molecule has 0 aromatic heterocycles. The SMILES string of the molecule is CCCCC[C@H](O)/C=C/C=C\C/C=C\C=C\[C@H](O)CCCC(=O)OC[C@H](O)COC(=O)CCCCCCCCCCCCCCCCCCCCC(C)CC. The highest BCUT2D eigenvalue weighted by Gasteiger charge is 2.12. The van der Waals surface area contributed by atoms with Gasteiger partial charge in [0.25, 0.3) is 0 Å². The maximum Gasteiger partial charge on any atom is 0.305 e. The summed E-state index contributed by atoms with van der Waals surface area (Å²) in [6.45, 7) is 6.42. The summed E-state index contributed by atoms with van der Waals surface area (Å²) < 4.78 is 10.3. The monoisotopic (exact) mass is 775 g/mol. The molecule has 0 heterocycles. The average Bonchev–Trinajstić information content (AvgIpc) is 3.17. The third-order valence-electron chi connectivity index (χ3n) is 10.3. The number of unbranched alkanes of at least 4 members (excludes halogenated alkanes) is 19. The zero-order valence-corrected chi connectivity index (χ0v) is 35.8. The van der Waals surface area contributed by atoms with E-state index in [0.717, 1.165) is 57.3 Å². The summed E-state index contributed by atoms with van der Waals surface area (Å²) in [6.07, 6.45) is 45.3. The van der Waals surface area contributed by atoms with Gasteiger partial charge in [-0.15, -0.1) is 0 Å². The van der Waals surface area contributed by atoms with Crippen LogP contribution >= 0.6 is 0 Å². The lowest BCUT2D eigenvalue weighted by molar-refractivity contribution is -0.152. The van der Waals surface area contributed by atoms with Crippen LogP contribution in [0.4, 0.5) is 0 Å². The summed E-state index contributed by atoms with van der Waals surface area (Å²) >= 11 is 0. The lowest BCUT2D eigenvalue weighted by atomic mass is 9.99. The van der Waals surface area contributed by atoms with Crippen molar-refractivity contribution in [3.63, 3.8) is 0 Å². The van der Waals surface area contributed by atoms with Crippen molar-refractivity contribution in [1.29, 1.82) is 0 Å². The van der Waals surface area contributed by atoms with Gasteiger partial charge in [0, 0.05) is 12.8 Å². The number of esters is 2. The molecule has 0 saturated heterocycles. The molecule has 0 aromatic rings. The molecule has 0 spiro atoms. The summed E-state index contributed by atoms with van der Waals surface area (Å²) in [5.41, 5.74) is 0. The molecular weight excluding hydrogens is 689 g/mol. The summed E-state index contributed by atoms with van der Waals surface area (Å²) in [4.78, 5) is 24.0. The van der Waals surface area contributed by atoms with Gasteiger partial charge in [-0.1, -0.05) is 211 Å². The molecule has 4 atom stereocenters. The van der Waals surface area contributed by atoms with Gasteiger partial charge in [-0.25, -0.2) is 0 Å². The summed E-state index contributed by atoms with van der Waals surface area (Å²) in [5, 5.41) is 30.0. The van der Waals surface area contributed by atoms with E-state index in [1.807, 2.05) is 36.5 Å². The van der Waals surface area contributed by atoms with Crippen LogP contribution in [0.25, 0.3) is 0 Å². The lowest BCUT2D eigenvalue weighted by Gasteiger charge is -2.12. The second kappa shape index (κ2) is 41.4. The molecule has 0 aromatic carbocycles. The van der Waals surface area contributed by atoms with Gasteiger partial charge in [0.15, 0.2) is 0 Å². The fraction of sp³-hybridized carbons (Fsp3) is 0.792. The Hall–Kier alpha value is -2.22. The summed E-state index contributed by atoms with van der Waals surface area (Å²) in [5.74, 6) is 0.126. The molecule has 7 heteroatoms. The van der Waals surface area contributed by atoms with Crippen molar-refractivity contribution in [1.82, 2.24) is 0 Å². The van der Waals surface area contributed by atoms with Crippen LogP contribution in [-0.2, 0) is 19.1 Å². The van der Waals surface area contributed by atoms with E-state index in [9.17, 15) is 24.9 Å². The smallest absolute Gasteiger partial charge is 0.305 e. The number of rotatable bonds is 40. The Morgan fingerprint density at radius 3 is 1.31 bits per heavy atom. The van der Waals surface area contributed by atoms with Gasteiger partial charge in [0.2, 0.25) is 0 Å². The van der Waals surface area contributed by atoms with Crippen molar-refractivity contribution in [3.8, 4) is 0 Å². The highest BCUT2D eigenvalue weighted by Crippen LogP contribution is 2.17. The zero-order valence-electron chi connectivity index (χ0n) is 35.8. The summed E-state index contributed by atoms with van der Waals surface area (Å²) in [7, 11) is 0. The molecule has 0 aliphatic heterocycles. The van der Waals surface area contributed by atoms with Gasteiger partial charge >= 0.3 is 11.9 Å². The molecule has 55 heavy (non-hydrogen) atoms. The molecular formula is C48H86O7. The molecule has 0 rings (SSSR count). The first kappa shape index (κ1) is 52.8. The van der Waals surface area contributed by atoms with Gasteiger partial charge in [-0.05, 0) is 38.0 Å². The fourth-order valence-corrected chi connectivity index (χ4v) is 6.39. The van der Waals surface area contributed by atoms with Gasteiger partial charge in [-0.2, -0.15) is 0 Å². The number of hydrogen-bond acceptors (Lipinski definition) is 7. The van der Waals surface area contributed by atoms with E-state index >= 15 is 0 Å². The first-order valence-corrected chi connectivity index (χ1v) is 22.8. The van der Waals surface area contributed by atoms with Crippen molar-refractivity contribution in [2.45, 2.75) is 225 Å². The van der Waals surface area contributed by atoms with E-state index < -0.39 is 18.2 Å². The van der Waals surface area contributed by atoms with E-state index in [4.69, 9.17) is 9.47 Å². The second-order valence-corrected chi connectivity index (χ2v) is 15.8. The number of aliphatic hydroxyl groups is 3. The van der Waals surface area contributed by atoms with Crippen molar-refractivity contribution in [2.75, 3.05) is 13.2 Å². The van der Waals surface area contributed by atoms with Crippen LogP contribution in [0.15, 0.2) is 48.6 Å². The molecule has 0 aliphatic rings. The highest BCUT2D eigenvalue weighted by molar-refractivity contribution is 5.69. The Kier molecular flexibility index (Phi) is 39.7. The fourth-order valence-electron chi connectivity index (χ4n) is 6.39. The number of carbonyl (C=O) groups is 2. The average molecular weight is 775 g/mol. The molecule has 0 radical (unpaired) electrons. The van der Waals surface area contributed by atoms with Crippen molar-refractivity contribution >= 4 is 11.9 Å². The quantitative estimate of drug-likeness (QED) is 0.0323. The second-order valence-electron chi connectivity index (χ2n) is 15.8. The maximum atomic E-state index is 12.0. The Morgan fingerprint density at radius 2 is 0.873 bits per heavy atom. The lowest BCUT2D eigenvalue weighted by Crippen LogP contribution is -2.25. The Bertz CT molecular complexity index is 971. The first-order chi connectivity index (χ1) is 26.8. The van der Waals surface area contributed by atoms with E-state index in [2.05, 4.69) is 20.8 Å². The predicted octanol–water partition coefficient (Wildman–Crippen LogP) is 12.4. The number of hydrogen-bond donors (Lipinski definition) is 3. The van der Waals surface area contributed by atoms with Gasteiger partial charge < -0.3 is 24.8 Å². The number of carbonyl (C=O) groups excluding carboxylic acids is 2. The molecule has 320 valence electrons. The number of aliphatic hydroxyl groups excluding tert-OH is 3. The molecule has 0 fully saturated rings. The molecule has 0 bridgehead atoms. The highest BCUT2D eigenvalue weighted by atomic mass is 16.6. The topological polar surface area (TPSA) is 113 Å². The van der Waals surface area contributed by atoms with Crippen molar-refractivity contribution < 1.29 is 34.4 Å². The van der Waals surface area contributed by atoms with Crippen LogP contribution in [0, 0.1) is 5.92 Å². The van der Waals surface area contributed by atoms with E-state index in [1.165, 1.54) is 109 Å². The minimum Gasteiger partial charge on any atom is -0.463 e. The van der Waals surface area contributed by atoms with E-state index in [0.29, 0.717) is 19.3 Å². The largest absolute Gasteiger partial charge is 0.463 e. The van der Waals surface area contributed by atoms with Crippen LogP contribution in [0.1, 0.15) is 207 Å². The minimum absolute atomic E-state index is 0.137. The van der Waals surface area contributed by atoms with Gasteiger partial charge in [-0.3, -0.25) is 9.59 Å².